The zero-order chi connectivity index (χ0) is 22.0. The number of aryl methyl sites for hydroxylation is 1. The molecular formula is C22H23BrFN5O2. The highest BCUT2D eigenvalue weighted by atomic mass is 79.9. The van der Waals surface area contributed by atoms with Gasteiger partial charge in [-0.3, -0.25) is 9.48 Å². The van der Waals surface area contributed by atoms with Crippen LogP contribution < -0.4 is 11.1 Å². The molecule has 1 aromatic carbocycles. The van der Waals surface area contributed by atoms with E-state index in [4.69, 9.17) is 10.5 Å². The predicted molar refractivity (Wildman–Crippen MR) is 119 cm³/mol. The Morgan fingerprint density at radius 1 is 1.32 bits per heavy atom. The monoisotopic (exact) mass is 487 g/mol. The van der Waals surface area contributed by atoms with Crippen LogP contribution in [0.5, 0.6) is 0 Å². The highest BCUT2D eigenvalue weighted by Crippen LogP contribution is 2.26. The van der Waals surface area contributed by atoms with Crippen molar-refractivity contribution in [2.45, 2.75) is 38.0 Å². The van der Waals surface area contributed by atoms with E-state index in [0.717, 1.165) is 36.0 Å². The van der Waals surface area contributed by atoms with Crippen molar-refractivity contribution in [3.8, 4) is 11.1 Å². The number of anilines is 1. The minimum absolute atomic E-state index is 0.122. The summed E-state index contributed by atoms with van der Waals surface area (Å²) < 4.78 is 21.6. The summed E-state index contributed by atoms with van der Waals surface area (Å²) in [6.45, 7) is 0.343. The molecule has 2 atom stereocenters. The van der Waals surface area contributed by atoms with E-state index < -0.39 is 0 Å². The minimum atomic E-state index is -0.311. The summed E-state index contributed by atoms with van der Waals surface area (Å²) in [7, 11) is 1.83. The van der Waals surface area contributed by atoms with Gasteiger partial charge in [0, 0.05) is 30.6 Å². The molecule has 0 saturated heterocycles. The largest absolute Gasteiger partial charge is 0.383 e. The molecule has 3 N–H and O–H groups in total. The van der Waals surface area contributed by atoms with Crippen LogP contribution in [-0.4, -0.2) is 32.8 Å². The SMILES string of the molecule is Cn1cc(-c2cnc(N)c(C(=O)N[C@@H]3CCC[C@H]3OCc3ccc(F)c(Br)c3)c2)cn1. The van der Waals surface area contributed by atoms with E-state index in [0.29, 0.717) is 16.6 Å². The van der Waals surface area contributed by atoms with Crippen LogP contribution in [0.2, 0.25) is 0 Å². The molecule has 31 heavy (non-hydrogen) atoms. The first kappa shape index (κ1) is 21.5. The fraction of sp³-hybridized carbons (Fsp3) is 0.318. The second-order valence-electron chi connectivity index (χ2n) is 7.67. The van der Waals surface area contributed by atoms with Crippen molar-refractivity contribution in [1.82, 2.24) is 20.1 Å². The lowest BCUT2D eigenvalue weighted by molar-refractivity contribution is 0.0271. The third-order valence-corrected chi connectivity index (χ3v) is 6.03. The van der Waals surface area contributed by atoms with Gasteiger partial charge in [0.1, 0.15) is 11.6 Å². The zero-order valence-electron chi connectivity index (χ0n) is 17.0. The number of carbonyl (C=O) groups is 1. The first-order valence-corrected chi connectivity index (χ1v) is 10.8. The van der Waals surface area contributed by atoms with Gasteiger partial charge in [0.2, 0.25) is 0 Å². The smallest absolute Gasteiger partial charge is 0.255 e. The molecule has 0 radical (unpaired) electrons. The Balaban J connectivity index is 1.43. The van der Waals surface area contributed by atoms with Crippen LogP contribution in [0, 0.1) is 5.82 Å². The van der Waals surface area contributed by atoms with Gasteiger partial charge < -0.3 is 15.8 Å². The summed E-state index contributed by atoms with van der Waals surface area (Å²) in [5.74, 6) is -0.410. The third kappa shape index (κ3) is 4.94. The first-order valence-electron chi connectivity index (χ1n) is 10.0. The number of nitrogen functional groups attached to an aromatic ring is 1. The normalized spacial score (nSPS) is 18.3. The number of carbonyl (C=O) groups excluding carboxylic acids is 1. The van der Waals surface area contributed by atoms with Gasteiger partial charge in [-0.15, -0.1) is 0 Å². The van der Waals surface area contributed by atoms with Gasteiger partial charge in [-0.1, -0.05) is 6.07 Å². The van der Waals surface area contributed by atoms with Gasteiger partial charge in [-0.2, -0.15) is 5.10 Å². The number of nitrogens with two attached hydrogens (primary N) is 1. The maximum atomic E-state index is 13.4. The van der Waals surface area contributed by atoms with Crippen LogP contribution in [0.3, 0.4) is 0 Å². The number of aromatic nitrogens is 3. The standard InChI is InChI=1S/C22H23BrFN5O2/c1-29-11-15(10-27-29)14-8-16(21(25)26-9-14)22(30)28-19-3-2-4-20(19)31-12-13-5-6-18(24)17(23)7-13/h5-11,19-20H,2-4,12H2,1H3,(H2,25,26)(H,28,30)/t19-,20-/m1/s1. The number of halogens is 2. The van der Waals surface area contributed by atoms with Crippen LogP contribution in [0.25, 0.3) is 11.1 Å². The highest BCUT2D eigenvalue weighted by molar-refractivity contribution is 9.10. The second-order valence-corrected chi connectivity index (χ2v) is 8.52. The molecule has 2 heterocycles. The number of hydrogen-bond acceptors (Lipinski definition) is 5. The Kier molecular flexibility index (Phi) is 6.33. The molecule has 1 aliphatic rings. The molecule has 0 bridgehead atoms. The Bertz CT molecular complexity index is 1100. The molecule has 2 aromatic heterocycles. The fourth-order valence-corrected chi connectivity index (χ4v) is 4.18. The van der Waals surface area contributed by atoms with Gasteiger partial charge in [-0.05, 0) is 59.0 Å². The molecule has 3 aromatic rings. The summed E-state index contributed by atoms with van der Waals surface area (Å²) in [5, 5.41) is 7.21. The quantitative estimate of drug-likeness (QED) is 0.550. The molecule has 0 aliphatic heterocycles. The number of pyridine rings is 1. The summed E-state index contributed by atoms with van der Waals surface area (Å²) in [6, 6.07) is 6.41. The molecular weight excluding hydrogens is 465 g/mol. The number of hydrogen-bond donors (Lipinski definition) is 2. The van der Waals surface area contributed by atoms with Gasteiger partial charge >= 0.3 is 0 Å². The number of ether oxygens (including phenoxy) is 1. The Morgan fingerprint density at radius 2 is 2.16 bits per heavy atom. The van der Waals surface area contributed by atoms with Crippen molar-refractivity contribution >= 4 is 27.7 Å². The van der Waals surface area contributed by atoms with Crippen molar-refractivity contribution in [3.63, 3.8) is 0 Å². The lowest BCUT2D eigenvalue weighted by atomic mass is 10.1. The van der Waals surface area contributed by atoms with Crippen LogP contribution >= 0.6 is 15.9 Å². The minimum Gasteiger partial charge on any atom is -0.383 e. The average molecular weight is 488 g/mol. The average Bonchev–Trinajstić information content (AvgIpc) is 3.38. The van der Waals surface area contributed by atoms with Gasteiger partial charge in [0.25, 0.3) is 5.91 Å². The maximum absolute atomic E-state index is 13.4. The predicted octanol–water partition coefficient (Wildman–Crippen LogP) is 3.83. The lowest BCUT2D eigenvalue weighted by Crippen LogP contribution is -2.41. The van der Waals surface area contributed by atoms with E-state index in [9.17, 15) is 9.18 Å². The van der Waals surface area contributed by atoms with Crippen molar-refractivity contribution in [1.29, 1.82) is 0 Å². The molecule has 9 heteroatoms. The number of nitrogens with zero attached hydrogens (tertiary/aromatic N) is 3. The van der Waals surface area contributed by atoms with E-state index in [2.05, 4.69) is 31.3 Å². The molecule has 1 fully saturated rings. The Morgan fingerprint density at radius 3 is 2.90 bits per heavy atom. The van der Waals surface area contributed by atoms with Gasteiger partial charge in [0.05, 0.1) is 35.0 Å². The molecule has 1 saturated carbocycles. The van der Waals surface area contributed by atoms with Crippen LogP contribution in [0.1, 0.15) is 35.2 Å². The van der Waals surface area contributed by atoms with Crippen molar-refractivity contribution < 1.29 is 13.9 Å². The van der Waals surface area contributed by atoms with Gasteiger partial charge in [0.15, 0.2) is 0 Å². The van der Waals surface area contributed by atoms with Crippen molar-refractivity contribution in [2.75, 3.05) is 5.73 Å². The van der Waals surface area contributed by atoms with E-state index >= 15 is 0 Å². The topological polar surface area (TPSA) is 95.1 Å². The Hall–Kier alpha value is -2.78. The second kappa shape index (κ2) is 9.15. The number of benzene rings is 1. The molecule has 1 amide bonds. The third-order valence-electron chi connectivity index (χ3n) is 5.42. The highest BCUT2D eigenvalue weighted by Gasteiger charge is 2.30. The first-order chi connectivity index (χ1) is 14.9. The van der Waals surface area contributed by atoms with E-state index in [-0.39, 0.29) is 29.7 Å². The fourth-order valence-electron chi connectivity index (χ4n) is 3.75. The molecule has 7 nitrogen and oxygen atoms in total. The van der Waals surface area contributed by atoms with Crippen LogP contribution in [0.15, 0.2) is 47.3 Å². The van der Waals surface area contributed by atoms with Crippen molar-refractivity contribution in [3.05, 3.63) is 64.3 Å². The van der Waals surface area contributed by atoms with Crippen LogP contribution in [-0.2, 0) is 18.4 Å². The molecule has 0 unspecified atom stereocenters. The molecule has 0 spiro atoms. The number of amides is 1. The van der Waals surface area contributed by atoms with E-state index in [1.165, 1.54) is 6.07 Å². The summed E-state index contributed by atoms with van der Waals surface area (Å²) >= 11 is 3.19. The zero-order valence-corrected chi connectivity index (χ0v) is 18.6. The van der Waals surface area contributed by atoms with E-state index in [1.54, 1.807) is 35.3 Å². The number of rotatable bonds is 6. The van der Waals surface area contributed by atoms with Gasteiger partial charge in [-0.25, -0.2) is 9.37 Å². The number of nitrogens with one attached hydrogen (secondary N) is 1. The lowest BCUT2D eigenvalue weighted by Gasteiger charge is -2.22. The van der Waals surface area contributed by atoms with Crippen LogP contribution in [0.4, 0.5) is 10.2 Å². The van der Waals surface area contributed by atoms with Crippen molar-refractivity contribution in [2.24, 2.45) is 7.05 Å². The molecule has 4 rings (SSSR count). The summed E-state index contributed by atoms with van der Waals surface area (Å²) in [4.78, 5) is 17.1. The Labute approximate surface area is 187 Å². The van der Waals surface area contributed by atoms with E-state index in [1.807, 2.05) is 13.2 Å². The summed E-state index contributed by atoms with van der Waals surface area (Å²) in [6.07, 6.45) is 7.68. The maximum Gasteiger partial charge on any atom is 0.255 e. The molecule has 162 valence electrons. The molecule has 1 aliphatic carbocycles. The summed E-state index contributed by atoms with van der Waals surface area (Å²) in [5.41, 5.74) is 8.81.